The third-order valence-corrected chi connectivity index (χ3v) is 4.55. The van der Waals surface area contributed by atoms with Crippen LogP contribution in [0.4, 0.5) is 0 Å². The minimum absolute atomic E-state index is 0.987. The Morgan fingerprint density at radius 1 is 0.625 bits per heavy atom. The molecule has 0 saturated carbocycles. The summed E-state index contributed by atoms with van der Waals surface area (Å²) in [6, 6.07) is 9.97. The Labute approximate surface area is 159 Å². The van der Waals surface area contributed by atoms with E-state index in [0.29, 0.717) is 0 Å². The lowest BCUT2D eigenvalue weighted by atomic mass is 10.1. The summed E-state index contributed by atoms with van der Waals surface area (Å²) in [6.45, 7) is 6.51. The lowest BCUT2D eigenvalue weighted by Crippen LogP contribution is -1.97. The highest BCUT2D eigenvalue weighted by molar-refractivity contribution is 9.10. The molecule has 0 saturated heterocycles. The number of halogens is 1. The summed E-state index contributed by atoms with van der Waals surface area (Å²) >= 11 is 3.31. The summed E-state index contributed by atoms with van der Waals surface area (Å²) in [4.78, 5) is 0. The van der Waals surface area contributed by atoms with Crippen molar-refractivity contribution in [2.24, 2.45) is 0 Å². The fourth-order valence-electron chi connectivity index (χ4n) is 2.49. The van der Waals surface area contributed by atoms with Gasteiger partial charge in [0.25, 0.3) is 0 Å². The molecule has 0 aliphatic heterocycles. The van der Waals surface area contributed by atoms with Gasteiger partial charge in [0, 0.05) is 17.7 Å². The van der Waals surface area contributed by atoms with Crippen molar-refractivity contribution in [3.8, 4) is 0 Å². The average molecular weight is 399 g/mol. The van der Waals surface area contributed by atoms with Crippen LogP contribution in [-0.4, -0.2) is 13.2 Å². The molecule has 0 bridgehead atoms. The SMILES string of the molecule is Brc1ccccc1.CCCCCCCCOCCCCCCCC. The van der Waals surface area contributed by atoms with E-state index in [0.717, 1.165) is 17.7 Å². The molecule has 0 fully saturated rings. The first-order valence-electron chi connectivity index (χ1n) is 10.1. The van der Waals surface area contributed by atoms with E-state index >= 15 is 0 Å². The number of benzene rings is 1. The molecule has 1 rings (SSSR count). The average Bonchev–Trinajstić information content (AvgIpc) is 2.60. The van der Waals surface area contributed by atoms with Crippen LogP contribution >= 0.6 is 15.9 Å². The zero-order valence-electron chi connectivity index (χ0n) is 16.1. The highest BCUT2D eigenvalue weighted by Crippen LogP contribution is 2.07. The Balaban J connectivity index is 0.000000620. The number of unbranched alkanes of at least 4 members (excludes halogenated alkanes) is 10. The third-order valence-electron chi connectivity index (χ3n) is 4.02. The first-order chi connectivity index (χ1) is 11.8. The lowest BCUT2D eigenvalue weighted by molar-refractivity contribution is 0.125. The fourth-order valence-corrected chi connectivity index (χ4v) is 2.79. The molecule has 1 nitrogen and oxygen atoms in total. The first-order valence-corrected chi connectivity index (χ1v) is 10.9. The Bertz CT molecular complexity index is 312. The molecule has 2 heteroatoms. The van der Waals surface area contributed by atoms with E-state index in [1.807, 2.05) is 30.3 Å². The second-order valence-electron chi connectivity index (χ2n) is 6.44. The Morgan fingerprint density at radius 2 is 1.04 bits per heavy atom. The monoisotopic (exact) mass is 398 g/mol. The zero-order chi connectivity index (χ0) is 17.7. The van der Waals surface area contributed by atoms with Gasteiger partial charge in [-0.1, -0.05) is 112 Å². The molecule has 0 aromatic heterocycles. The third kappa shape index (κ3) is 19.7. The summed E-state index contributed by atoms with van der Waals surface area (Å²) in [6.07, 6.45) is 16.3. The van der Waals surface area contributed by atoms with Gasteiger partial charge in [0.15, 0.2) is 0 Å². The van der Waals surface area contributed by atoms with E-state index < -0.39 is 0 Å². The van der Waals surface area contributed by atoms with Crippen LogP contribution in [0.1, 0.15) is 90.9 Å². The van der Waals surface area contributed by atoms with Gasteiger partial charge in [0.2, 0.25) is 0 Å². The highest BCUT2D eigenvalue weighted by atomic mass is 79.9. The number of hydrogen-bond acceptors (Lipinski definition) is 1. The van der Waals surface area contributed by atoms with Crippen molar-refractivity contribution in [2.45, 2.75) is 90.9 Å². The van der Waals surface area contributed by atoms with Gasteiger partial charge in [-0.2, -0.15) is 0 Å². The van der Waals surface area contributed by atoms with Crippen molar-refractivity contribution in [1.82, 2.24) is 0 Å². The molecule has 1 aromatic rings. The predicted molar refractivity (Wildman–Crippen MR) is 112 cm³/mol. The van der Waals surface area contributed by atoms with Gasteiger partial charge in [0.1, 0.15) is 0 Å². The van der Waals surface area contributed by atoms with E-state index in [2.05, 4.69) is 29.8 Å². The van der Waals surface area contributed by atoms with Crippen molar-refractivity contribution in [3.63, 3.8) is 0 Å². The molecule has 0 aliphatic carbocycles. The quantitative estimate of drug-likeness (QED) is 0.287. The van der Waals surface area contributed by atoms with E-state index in [-0.39, 0.29) is 0 Å². The number of ether oxygens (including phenoxy) is 1. The van der Waals surface area contributed by atoms with Gasteiger partial charge in [-0.15, -0.1) is 0 Å². The Hall–Kier alpha value is -0.340. The molecular formula is C22H39BrO. The predicted octanol–water partition coefficient (Wildman–Crippen LogP) is 8.17. The molecular weight excluding hydrogens is 360 g/mol. The fraction of sp³-hybridized carbons (Fsp3) is 0.727. The van der Waals surface area contributed by atoms with Gasteiger partial charge in [0.05, 0.1) is 0 Å². The minimum atomic E-state index is 0.987. The molecule has 0 amide bonds. The van der Waals surface area contributed by atoms with Crippen LogP contribution in [0.2, 0.25) is 0 Å². The van der Waals surface area contributed by atoms with E-state index in [1.54, 1.807) is 0 Å². The van der Waals surface area contributed by atoms with Crippen molar-refractivity contribution >= 4 is 15.9 Å². The molecule has 0 unspecified atom stereocenters. The van der Waals surface area contributed by atoms with Crippen molar-refractivity contribution in [3.05, 3.63) is 34.8 Å². The van der Waals surface area contributed by atoms with Crippen LogP contribution in [0, 0.1) is 0 Å². The standard InChI is InChI=1S/C16H34O.C6H5Br/c1-3-5-7-9-11-13-15-17-16-14-12-10-8-6-4-2;7-6-4-2-1-3-5-6/h3-16H2,1-2H3;1-5H. The number of rotatable bonds is 14. The second kappa shape index (κ2) is 20.7. The van der Waals surface area contributed by atoms with Crippen molar-refractivity contribution in [1.29, 1.82) is 0 Å². The van der Waals surface area contributed by atoms with Crippen LogP contribution in [-0.2, 0) is 4.74 Å². The van der Waals surface area contributed by atoms with Crippen molar-refractivity contribution < 1.29 is 4.74 Å². The summed E-state index contributed by atoms with van der Waals surface area (Å²) < 4.78 is 6.78. The van der Waals surface area contributed by atoms with Gasteiger partial charge < -0.3 is 4.74 Å². The van der Waals surface area contributed by atoms with Crippen LogP contribution in [0.15, 0.2) is 34.8 Å². The molecule has 0 aliphatic rings. The van der Waals surface area contributed by atoms with Gasteiger partial charge in [-0.3, -0.25) is 0 Å². The maximum atomic E-state index is 5.65. The summed E-state index contributed by atoms with van der Waals surface area (Å²) in [5.41, 5.74) is 0. The smallest absolute Gasteiger partial charge is 0.0466 e. The highest BCUT2D eigenvalue weighted by Gasteiger charge is 1.92. The molecule has 1 aromatic carbocycles. The normalized spacial score (nSPS) is 10.3. The van der Waals surface area contributed by atoms with Crippen molar-refractivity contribution in [2.75, 3.05) is 13.2 Å². The Morgan fingerprint density at radius 3 is 1.42 bits per heavy atom. The Kier molecular flexibility index (Phi) is 20.4. The van der Waals surface area contributed by atoms with Gasteiger partial charge in [-0.05, 0) is 25.0 Å². The summed E-state index contributed by atoms with van der Waals surface area (Å²) in [5, 5.41) is 0. The lowest BCUT2D eigenvalue weighted by Gasteiger charge is -2.04. The summed E-state index contributed by atoms with van der Waals surface area (Å²) in [5.74, 6) is 0. The topological polar surface area (TPSA) is 9.23 Å². The summed E-state index contributed by atoms with van der Waals surface area (Å²) in [7, 11) is 0. The molecule has 140 valence electrons. The zero-order valence-corrected chi connectivity index (χ0v) is 17.7. The van der Waals surface area contributed by atoms with Crippen LogP contribution in [0.3, 0.4) is 0 Å². The maximum Gasteiger partial charge on any atom is 0.0466 e. The molecule has 0 spiro atoms. The number of hydrogen-bond donors (Lipinski definition) is 0. The molecule has 0 heterocycles. The first kappa shape index (κ1) is 23.7. The van der Waals surface area contributed by atoms with Crippen LogP contribution < -0.4 is 0 Å². The van der Waals surface area contributed by atoms with Crippen LogP contribution in [0.5, 0.6) is 0 Å². The molecule has 24 heavy (non-hydrogen) atoms. The van der Waals surface area contributed by atoms with E-state index in [1.165, 1.54) is 77.0 Å². The van der Waals surface area contributed by atoms with E-state index in [4.69, 9.17) is 4.74 Å². The largest absolute Gasteiger partial charge is 0.381 e. The second-order valence-corrected chi connectivity index (χ2v) is 7.36. The van der Waals surface area contributed by atoms with Gasteiger partial charge >= 0.3 is 0 Å². The minimum Gasteiger partial charge on any atom is -0.381 e. The molecule has 0 N–H and O–H groups in total. The molecule has 0 radical (unpaired) electrons. The van der Waals surface area contributed by atoms with E-state index in [9.17, 15) is 0 Å². The van der Waals surface area contributed by atoms with Gasteiger partial charge in [-0.25, -0.2) is 0 Å². The maximum absolute atomic E-state index is 5.65. The van der Waals surface area contributed by atoms with Crippen LogP contribution in [0.25, 0.3) is 0 Å². The molecule has 0 atom stereocenters.